The van der Waals surface area contributed by atoms with Crippen LogP contribution >= 0.6 is 15.9 Å². The van der Waals surface area contributed by atoms with Gasteiger partial charge in [-0.15, -0.1) is 0 Å². The molecule has 124 valence electrons. The predicted molar refractivity (Wildman–Crippen MR) is 107 cm³/mol. The summed E-state index contributed by atoms with van der Waals surface area (Å²) < 4.78 is 3.07. The molecule has 5 aromatic rings. The molecule has 0 aliphatic carbocycles. The maximum Gasteiger partial charge on any atom is 0.199 e. The van der Waals surface area contributed by atoms with Gasteiger partial charge >= 0.3 is 0 Å². The number of nitrogens with zero attached hydrogens (tertiary/aromatic N) is 4. The van der Waals surface area contributed by atoms with Crippen LogP contribution in [0.3, 0.4) is 0 Å². The maximum absolute atomic E-state index is 4.85. The smallest absolute Gasteiger partial charge is 0.199 e. The summed E-state index contributed by atoms with van der Waals surface area (Å²) >= 11 is 3.55. The van der Waals surface area contributed by atoms with E-state index in [4.69, 9.17) is 15.0 Å². The van der Waals surface area contributed by atoms with E-state index in [-0.39, 0.29) is 0 Å². The van der Waals surface area contributed by atoms with E-state index in [9.17, 15) is 0 Å². The number of fused-ring (bicyclic) bond motifs is 2. The molecular formula is C21H13BrN4. The van der Waals surface area contributed by atoms with E-state index in [0.29, 0.717) is 5.65 Å². The molecule has 0 aliphatic heterocycles. The molecule has 3 aromatic carbocycles. The first-order valence-electron chi connectivity index (χ1n) is 8.26. The number of imidazole rings is 1. The number of benzene rings is 3. The number of para-hydroxylation sites is 3. The molecule has 26 heavy (non-hydrogen) atoms. The minimum Gasteiger partial charge on any atom is -0.275 e. The third-order valence-electron chi connectivity index (χ3n) is 4.27. The van der Waals surface area contributed by atoms with Crippen LogP contribution in [0.2, 0.25) is 0 Å². The molecule has 0 aliphatic rings. The van der Waals surface area contributed by atoms with Gasteiger partial charge in [-0.25, -0.2) is 15.0 Å². The lowest BCUT2D eigenvalue weighted by Crippen LogP contribution is -1.99. The van der Waals surface area contributed by atoms with Crippen molar-refractivity contribution in [2.24, 2.45) is 0 Å². The van der Waals surface area contributed by atoms with Gasteiger partial charge in [-0.2, -0.15) is 0 Å². The van der Waals surface area contributed by atoms with Crippen LogP contribution in [0, 0.1) is 0 Å². The Bertz CT molecular complexity index is 1240. The van der Waals surface area contributed by atoms with E-state index in [1.54, 1.807) is 0 Å². The Kier molecular flexibility index (Phi) is 3.53. The Morgan fingerprint density at radius 2 is 1.42 bits per heavy atom. The molecule has 0 fully saturated rings. The molecule has 0 atom stereocenters. The highest BCUT2D eigenvalue weighted by atomic mass is 79.9. The summed E-state index contributed by atoms with van der Waals surface area (Å²) in [5.41, 5.74) is 5.12. The Labute approximate surface area is 158 Å². The van der Waals surface area contributed by atoms with E-state index in [0.717, 1.165) is 38.2 Å². The molecule has 4 nitrogen and oxygen atoms in total. The number of aromatic nitrogens is 4. The van der Waals surface area contributed by atoms with Gasteiger partial charge in [-0.3, -0.25) is 4.57 Å². The van der Waals surface area contributed by atoms with Crippen LogP contribution < -0.4 is 0 Å². The zero-order valence-corrected chi connectivity index (χ0v) is 15.3. The average molecular weight is 401 g/mol. The molecule has 0 spiro atoms. The third kappa shape index (κ3) is 2.48. The monoisotopic (exact) mass is 400 g/mol. The zero-order valence-electron chi connectivity index (χ0n) is 13.7. The highest BCUT2D eigenvalue weighted by Gasteiger charge is 2.17. The average Bonchev–Trinajstić information content (AvgIpc) is 3.05. The van der Waals surface area contributed by atoms with Crippen LogP contribution in [0.4, 0.5) is 0 Å². The summed E-state index contributed by atoms with van der Waals surface area (Å²) in [6.07, 6.45) is 0. The quantitative estimate of drug-likeness (QED) is 0.398. The lowest BCUT2D eigenvalue weighted by Gasteiger charge is -2.09. The first-order chi connectivity index (χ1) is 12.8. The summed E-state index contributed by atoms with van der Waals surface area (Å²) in [6, 6.07) is 26.1. The summed E-state index contributed by atoms with van der Waals surface area (Å²) in [5.74, 6) is 0.822. The molecule has 0 saturated heterocycles. The fourth-order valence-electron chi connectivity index (χ4n) is 3.10. The second-order valence-corrected chi connectivity index (χ2v) is 6.89. The molecule has 0 radical (unpaired) electrons. The van der Waals surface area contributed by atoms with Gasteiger partial charge in [0.1, 0.15) is 5.82 Å². The predicted octanol–water partition coefficient (Wildman–Crippen LogP) is 5.40. The highest BCUT2D eigenvalue weighted by molar-refractivity contribution is 9.10. The topological polar surface area (TPSA) is 43.6 Å². The molecule has 0 saturated carbocycles. The van der Waals surface area contributed by atoms with Crippen LogP contribution in [-0.4, -0.2) is 19.5 Å². The largest absolute Gasteiger partial charge is 0.275 e. The van der Waals surface area contributed by atoms with Gasteiger partial charge < -0.3 is 0 Å². The number of hydrogen-bond donors (Lipinski definition) is 0. The van der Waals surface area contributed by atoms with Crippen LogP contribution in [0.5, 0.6) is 0 Å². The number of hydrogen-bond acceptors (Lipinski definition) is 3. The van der Waals surface area contributed by atoms with Gasteiger partial charge in [0.25, 0.3) is 0 Å². The Balaban J connectivity index is 1.90. The second-order valence-electron chi connectivity index (χ2n) is 5.98. The lowest BCUT2D eigenvalue weighted by molar-refractivity contribution is 1.08. The van der Waals surface area contributed by atoms with E-state index in [1.807, 2.05) is 60.7 Å². The Morgan fingerprint density at radius 3 is 2.19 bits per heavy atom. The Morgan fingerprint density at radius 1 is 0.692 bits per heavy atom. The molecule has 5 heteroatoms. The van der Waals surface area contributed by atoms with Crippen molar-refractivity contribution >= 4 is 38.3 Å². The maximum atomic E-state index is 4.85. The zero-order chi connectivity index (χ0) is 17.5. The van der Waals surface area contributed by atoms with E-state index in [1.165, 1.54) is 0 Å². The SMILES string of the molecule is Brc1cccc(-c2nc3nc4ccccc4nc3n2-c2ccccc2)c1. The van der Waals surface area contributed by atoms with Gasteiger partial charge in [-0.1, -0.05) is 58.4 Å². The van der Waals surface area contributed by atoms with Crippen molar-refractivity contribution in [1.29, 1.82) is 0 Å². The van der Waals surface area contributed by atoms with Crippen molar-refractivity contribution in [2.75, 3.05) is 0 Å². The van der Waals surface area contributed by atoms with Gasteiger partial charge in [-0.05, 0) is 36.4 Å². The first-order valence-corrected chi connectivity index (χ1v) is 9.05. The van der Waals surface area contributed by atoms with E-state index < -0.39 is 0 Å². The third-order valence-corrected chi connectivity index (χ3v) is 4.76. The normalized spacial score (nSPS) is 11.3. The molecule has 0 amide bonds. The molecule has 2 aromatic heterocycles. The fourth-order valence-corrected chi connectivity index (χ4v) is 3.50. The fraction of sp³-hybridized carbons (Fsp3) is 0. The van der Waals surface area contributed by atoms with Gasteiger partial charge in [0.05, 0.1) is 11.0 Å². The molecule has 5 rings (SSSR count). The van der Waals surface area contributed by atoms with E-state index >= 15 is 0 Å². The lowest BCUT2D eigenvalue weighted by atomic mass is 10.2. The summed E-state index contributed by atoms with van der Waals surface area (Å²) in [6.45, 7) is 0. The standard InChI is InChI=1S/C21H13BrN4/c22-15-8-6-7-14(13-15)20-25-19-21(26(20)16-9-2-1-3-10-16)24-18-12-5-4-11-17(18)23-19/h1-13H. The first kappa shape index (κ1) is 15.2. The second kappa shape index (κ2) is 6.04. The summed E-state index contributed by atoms with van der Waals surface area (Å²) in [7, 11) is 0. The van der Waals surface area contributed by atoms with Crippen molar-refractivity contribution in [3.05, 3.63) is 83.3 Å². The van der Waals surface area contributed by atoms with Gasteiger partial charge in [0.15, 0.2) is 11.3 Å². The van der Waals surface area contributed by atoms with Crippen molar-refractivity contribution in [3.63, 3.8) is 0 Å². The van der Waals surface area contributed by atoms with Crippen LogP contribution in [-0.2, 0) is 0 Å². The molecule has 0 N–H and O–H groups in total. The van der Waals surface area contributed by atoms with Crippen LogP contribution in [0.1, 0.15) is 0 Å². The summed E-state index contributed by atoms with van der Waals surface area (Å²) in [4.78, 5) is 14.4. The highest BCUT2D eigenvalue weighted by Crippen LogP contribution is 2.29. The molecular weight excluding hydrogens is 388 g/mol. The van der Waals surface area contributed by atoms with Crippen molar-refractivity contribution in [3.8, 4) is 17.1 Å². The van der Waals surface area contributed by atoms with E-state index in [2.05, 4.69) is 38.7 Å². The van der Waals surface area contributed by atoms with Gasteiger partial charge in [0, 0.05) is 15.7 Å². The number of halogens is 1. The van der Waals surface area contributed by atoms with Crippen molar-refractivity contribution in [2.45, 2.75) is 0 Å². The van der Waals surface area contributed by atoms with Crippen LogP contribution in [0.15, 0.2) is 83.3 Å². The molecule has 2 heterocycles. The summed E-state index contributed by atoms with van der Waals surface area (Å²) in [5, 5.41) is 0. The number of rotatable bonds is 2. The minimum atomic E-state index is 0.641. The molecule has 0 unspecified atom stereocenters. The molecule has 0 bridgehead atoms. The Hall–Kier alpha value is -3.05. The minimum absolute atomic E-state index is 0.641. The van der Waals surface area contributed by atoms with Crippen LogP contribution in [0.25, 0.3) is 39.4 Å². The van der Waals surface area contributed by atoms with Gasteiger partial charge in [0.2, 0.25) is 0 Å². The van der Waals surface area contributed by atoms with Crippen molar-refractivity contribution < 1.29 is 0 Å². The van der Waals surface area contributed by atoms with Crippen molar-refractivity contribution in [1.82, 2.24) is 19.5 Å².